The van der Waals surface area contributed by atoms with E-state index in [1.54, 1.807) is 6.92 Å². The Balaban J connectivity index is 2.03. The molecule has 1 fully saturated rings. The molecule has 0 saturated carbocycles. The fraction of sp³-hybridized carbons (Fsp3) is 0.688. The van der Waals surface area contributed by atoms with Crippen molar-refractivity contribution in [1.29, 1.82) is 0 Å². The highest BCUT2D eigenvalue weighted by Gasteiger charge is 2.23. The van der Waals surface area contributed by atoms with Gasteiger partial charge in [0.1, 0.15) is 11.6 Å². The lowest BCUT2D eigenvalue weighted by Gasteiger charge is -2.34. The molecule has 0 unspecified atom stereocenters. The standard InChI is InChI=1S/C16H26N4O/c1-5-15-11(2)18-12(3)19-16(15)20-8-6-14(7-9-20)10-17-13(4)21/h14H,5-10H2,1-4H3,(H,17,21). The molecule has 116 valence electrons. The summed E-state index contributed by atoms with van der Waals surface area (Å²) in [6.45, 7) is 10.6. The van der Waals surface area contributed by atoms with Gasteiger partial charge in [-0.2, -0.15) is 0 Å². The number of aromatic nitrogens is 2. The molecule has 0 aliphatic carbocycles. The Hall–Kier alpha value is -1.65. The van der Waals surface area contributed by atoms with Crippen molar-refractivity contribution in [3.63, 3.8) is 0 Å². The van der Waals surface area contributed by atoms with Crippen LogP contribution in [0.4, 0.5) is 5.82 Å². The highest BCUT2D eigenvalue weighted by molar-refractivity contribution is 5.72. The van der Waals surface area contributed by atoms with Gasteiger partial charge in [-0.1, -0.05) is 6.92 Å². The lowest BCUT2D eigenvalue weighted by Crippen LogP contribution is -2.39. The lowest BCUT2D eigenvalue weighted by atomic mass is 9.96. The third-order valence-corrected chi connectivity index (χ3v) is 4.21. The van der Waals surface area contributed by atoms with E-state index in [4.69, 9.17) is 0 Å². The molecule has 1 amide bonds. The molecule has 0 spiro atoms. The predicted octanol–water partition coefficient (Wildman–Crippen LogP) is 2.01. The van der Waals surface area contributed by atoms with Crippen LogP contribution < -0.4 is 10.2 Å². The maximum absolute atomic E-state index is 11.0. The number of hydrogen-bond donors (Lipinski definition) is 1. The van der Waals surface area contributed by atoms with E-state index in [-0.39, 0.29) is 5.91 Å². The van der Waals surface area contributed by atoms with Gasteiger partial charge in [-0.05, 0) is 39.0 Å². The third-order valence-electron chi connectivity index (χ3n) is 4.21. The van der Waals surface area contributed by atoms with Crippen LogP contribution in [0.25, 0.3) is 0 Å². The normalized spacial score (nSPS) is 16.1. The Kier molecular flexibility index (Phi) is 5.15. The van der Waals surface area contributed by atoms with Crippen molar-refractivity contribution in [2.24, 2.45) is 5.92 Å². The van der Waals surface area contributed by atoms with E-state index in [2.05, 4.69) is 34.0 Å². The molecule has 1 aromatic heterocycles. The molecule has 2 heterocycles. The Labute approximate surface area is 127 Å². The van der Waals surface area contributed by atoms with Crippen molar-refractivity contribution in [3.8, 4) is 0 Å². The molecule has 1 aliphatic rings. The maximum atomic E-state index is 11.0. The average Bonchev–Trinajstić information content (AvgIpc) is 2.45. The first-order valence-corrected chi connectivity index (χ1v) is 7.84. The molecule has 5 heteroatoms. The summed E-state index contributed by atoms with van der Waals surface area (Å²) in [5.74, 6) is 2.60. The van der Waals surface area contributed by atoms with E-state index < -0.39 is 0 Å². The molecule has 1 aromatic rings. The molecular weight excluding hydrogens is 264 g/mol. The van der Waals surface area contributed by atoms with Gasteiger partial charge in [0.05, 0.1) is 0 Å². The molecule has 2 rings (SSSR count). The first-order chi connectivity index (χ1) is 10.0. The summed E-state index contributed by atoms with van der Waals surface area (Å²) >= 11 is 0. The summed E-state index contributed by atoms with van der Waals surface area (Å²) in [7, 11) is 0. The second-order valence-electron chi connectivity index (χ2n) is 5.88. The molecule has 5 nitrogen and oxygen atoms in total. The maximum Gasteiger partial charge on any atom is 0.216 e. The van der Waals surface area contributed by atoms with E-state index in [9.17, 15) is 4.79 Å². The van der Waals surface area contributed by atoms with Gasteiger partial charge in [0.15, 0.2) is 0 Å². The van der Waals surface area contributed by atoms with Crippen molar-refractivity contribution < 1.29 is 4.79 Å². The minimum Gasteiger partial charge on any atom is -0.356 e. The van der Waals surface area contributed by atoms with Crippen LogP contribution in [0.2, 0.25) is 0 Å². The summed E-state index contributed by atoms with van der Waals surface area (Å²) in [4.78, 5) is 22.5. The number of carbonyl (C=O) groups is 1. The number of hydrogen-bond acceptors (Lipinski definition) is 4. The molecule has 0 radical (unpaired) electrons. The minimum absolute atomic E-state index is 0.0627. The van der Waals surface area contributed by atoms with Crippen molar-refractivity contribution in [2.45, 2.75) is 47.0 Å². The van der Waals surface area contributed by atoms with Crippen LogP contribution >= 0.6 is 0 Å². The Bertz CT molecular complexity index is 507. The minimum atomic E-state index is 0.0627. The van der Waals surface area contributed by atoms with Gasteiger partial charge < -0.3 is 10.2 Å². The SMILES string of the molecule is CCc1c(C)nc(C)nc1N1CCC(CNC(C)=O)CC1. The van der Waals surface area contributed by atoms with Crippen LogP contribution in [0.1, 0.15) is 43.8 Å². The molecule has 1 saturated heterocycles. The van der Waals surface area contributed by atoms with Gasteiger partial charge in [0.2, 0.25) is 5.91 Å². The van der Waals surface area contributed by atoms with E-state index in [1.807, 2.05) is 6.92 Å². The fourth-order valence-corrected chi connectivity index (χ4v) is 3.03. The van der Waals surface area contributed by atoms with Gasteiger partial charge in [0, 0.05) is 37.8 Å². The Morgan fingerprint density at radius 3 is 2.52 bits per heavy atom. The van der Waals surface area contributed by atoms with Crippen LogP contribution in [0.3, 0.4) is 0 Å². The summed E-state index contributed by atoms with van der Waals surface area (Å²) in [5, 5.41) is 2.93. The van der Waals surface area contributed by atoms with Crippen molar-refractivity contribution in [3.05, 3.63) is 17.1 Å². The summed E-state index contributed by atoms with van der Waals surface area (Å²) in [6.07, 6.45) is 3.17. The molecule has 1 N–H and O–H groups in total. The molecule has 0 aromatic carbocycles. The van der Waals surface area contributed by atoms with Gasteiger partial charge in [-0.3, -0.25) is 4.79 Å². The van der Waals surface area contributed by atoms with E-state index in [0.717, 1.165) is 56.2 Å². The van der Waals surface area contributed by atoms with E-state index >= 15 is 0 Å². The van der Waals surface area contributed by atoms with Crippen molar-refractivity contribution >= 4 is 11.7 Å². The number of amides is 1. The number of aryl methyl sites for hydroxylation is 2. The van der Waals surface area contributed by atoms with Crippen molar-refractivity contribution in [1.82, 2.24) is 15.3 Å². The van der Waals surface area contributed by atoms with Gasteiger partial charge in [-0.25, -0.2) is 9.97 Å². The fourth-order valence-electron chi connectivity index (χ4n) is 3.03. The van der Waals surface area contributed by atoms with Gasteiger partial charge >= 0.3 is 0 Å². The van der Waals surface area contributed by atoms with Crippen LogP contribution in [-0.4, -0.2) is 35.5 Å². The van der Waals surface area contributed by atoms with Gasteiger partial charge in [0.25, 0.3) is 0 Å². The molecule has 0 bridgehead atoms. The zero-order valence-electron chi connectivity index (χ0n) is 13.6. The van der Waals surface area contributed by atoms with Crippen LogP contribution in [0.5, 0.6) is 0 Å². The number of nitrogens with one attached hydrogen (secondary N) is 1. The van der Waals surface area contributed by atoms with E-state index in [1.165, 1.54) is 5.56 Å². The molecular formula is C16H26N4O. The summed E-state index contributed by atoms with van der Waals surface area (Å²) in [5.41, 5.74) is 2.36. The summed E-state index contributed by atoms with van der Waals surface area (Å²) in [6, 6.07) is 0. The highest BCUT2D eigenvalue weighted by Crippen LogP contribution is 2.26. The Morgan fingerprint density at radius 2 is 1.95 bits per heavy atom. The lowest BCUT2D eigenvalue weighted by molar-refractivity contribution is -0.119. The summed E-state index contributed by atoms with van der Waals surface area (Å²) < 4.78 is 0. The number of anilines is 1. The number of carbonyl (C=O) groups excluding carboxylic acids is 1. The van der Waals surface area contributed by atoms with Crippen LogP contribution in [0.15, 0.2) is 0 Å². The second kappa shape index (κ2) is 6.87. The van der Waals surface area contributed by atoms with E-state index in [0.29, 0.717) is 5.92 Å². The zero-order chi connectivity index (χ0) is 15.4. The highest BCUT2D eigenvalue weighted by atomic mass is 16.1. The van der Waals surface area contributed by atoms with Crippen LogP contribution in [0, 0.1) is 19.8 Å². The largest absolute Gasteiger partial charge is 0.356 e. The smallest absolute Gasteiger partial charge is 0.216 e. The molecule has 1 aliphatic heterocycles. The third kappa shape index (κ3) is 3.93. The zero-order valence-corrected chi connectivity index (χ0v) is 13.6. The quantitative estimate of drug-likeness (QED) is 0.921. The number of nitrogens with zero attached hydrogens (tertiary/aromatic N) is 3. The monoisotopic (exact) mass is 290 g/mol. The predicted molar refractivity (Wildman–Crippen MR) is 84.5 cm³/mol. The van der Waals surface area contributed by atoms with Crippen LogP contribution in [-0.2, 0) is 11.2 Å². The van der Waals surface area contributed by atoms with Gasteiger partial charge in [-0.15, -0.1) is 0 Å². The molecule has 21 heavy (non-hydrogen) atoms. The Morgan fingerprint density at radius 1 is 1.29 bits per heavy atom. The average molecular weight is 290 g/mol. The topological polar surface area (TPSA) is 58.1 Å². The first-order valence-electron chi connectivity index (χ1n) is 7.84. The first kappa shape index (κ1) is 15.7. The second-order valence-corrected chi connectivity index (χ2v) is 5.88. The van der Waals surface area contributed by atoms with Crippen molar-refractivity contribution in [2.75, 3.05) is 24.5 Å². The number of piperidine rings is 1. The molecule has 0 atom stereocenters. The number of rotatable bonds is 4.